The van der Waals surface area contributed by atoms with E-state index in [1.807, 2.05) is 32.0 Å². The molecule has 0 atom stereocenters. The third-order valence-corrected chi connectivity index (χ3v) is 5.70. The van der Waals surface area contributed by atoms with Crippen LogP contribution in [0.1, 0.15) is 24.0 Å². The fourth-order valence-electron chi connectivity index (χ4n) is 3.03. The second kappa shape index (κ2) is 10.8. The van der Waals surface area contributed by atoms with Gasteiger partial charge in [0, 0.05) is 25.1 Å². The third kappa shape index (κ3) is 7.56. The number of nitro groups is 1. The van der Waals surface area contributed by atoms with Gasteiger partial charge >= 0.3 is 0 Å². The lowest BCUT2D eigenvalue weighted by atomic mass is 10.1. The van der Waals surface area contributed by atoms with Gasteiger partial charge in [0.2, 0.25) is 15.9 Å². The fraction of sp³-hybridized carbons (Fsp3) is 0.381. The van der Waals surface area contributed by atoms with Gasteiger partial charge in [-0.05, 0) is 38.0 Å². The van der Waals surface area contributed by atoms with Gasteiger partial charge in [0.15, 0.2) is 0 Å². The molecule has 0 aliphatic rings. The summed E-state index contributed by atoms with van der Waals surface area (Å²) in [5, 5.41) is 13.7. The van der Waals surface area contributed by atoms with Crippen molar-refractivity contribution in [1.82, 2.24) is 5.32 Å². The first-order valence-electron chi connectivity index (χ1n) is 9.77. The first-order valence-corrected chi connectivity index (χ1v) is 11.6. The molecule has 1 amide bonds. The lowest BCUT2D eigenvalue weighted by Crippen LogP contribution is -2.33. The summed E-state index contributed by atoms with van der Waals surface area (Å²) in [6.07, 6.45) is 1.40. The van der Waals surface area contributed by atoms with Crippen molar-refractivity contribution < 1.29 is 22.9 Å². The summed E-state index contributed by atoms with van der Waals surface area (Å²) in [5.74, 6) is 0.539. The largest absolute Gasteiger partial charge is 0.491 e. The van der Waals surface area contributed by atoms with Crippen LogP contribution in [0.25, 0.3) is 0 Å². The zero-order valence-electron chi connectivity index (χ0n) is 17.8. The van der Waals surface area contributed by atoms with E-state index in [0.717, 1.165) is 27.4 Å². The van der Waals surface area contributed by atoms with Crippen LogP contribution in [0.3, 0.4) is 0 Å². The highest BCUT2D eigenvalue weighted by atomic mass is 32.2. The van der Waals surface area contributed by atoms with Crippen molar-refractivity contribution in [3.8, 4) is 5.75 Å². The molecule has 0 aliphatic heterocycles. The normalized spacial score (nSPS) is 11.1. The van der Waals surface area contributed by atoms with Crippen molar-refractivity contribution in [1.29, 1.82) is 0 Å². The van der Waals surface area contributed by atoms with E-state index in [1.54, 1.807) is 0 Å². The maximum Gasteiger partial charge on any atom is 0.271 e. The Bertz CT molecular complexity index is 1040. The maximum absolute atomic E-state index is 12.1. The quantitative estimate of drug-likeness (QED) is 0.320. The number of ether oxygens (including phenoxy) is 1. The molecule has 9 nitrogen and oxygen atoms in total. The topological polar surface area (TPSA) is 119 Å². The SMILES string of the molecule is Cc1ccc(OCCNC(=O)CCCN(c2cccc([N+](=O)[O-])c2)S(C)(=O)=O)c(C)c1. The number of aryl methyl sites for hydroxylation is 2. The summed E-state index contributed by atoms with van der Waals surface area (Å²) in [7, 11) is -3.66. The predicted octanol–water partition coefficient (Wildman–Crippen LogP) is 2.95. The van der Waals surface area contributed by atoms with Gasteiger partial charge in [0.05, 0.1) is 23.4 Å². The Morgan fingerprint density at radius 2 is 1.94 bits per heavy atom. The van der Waals surface area contributed by atoms with Crippen molar-refractivity contribution in [2.45, 2.75) is 26.7 Å². The molecule has 10 heteroatoms. The molecule has 0 saturated heterocycles. The Morgan fingerprint density at radius 3 is 2.58 bits per heavy atom. The molecule has 0 bridgehead atoms. The molecule has 1 N–H and O–H groups in total. The number of anilines is 1. The maximum atomic E-state index is 12.1. The average molecular weight is 450 g/mol. The van der Waals surface area contributed by atoms with Gasteiger partial charge in [0.1, 0.15) is 12.4 Å². The van der Waals surface area contributed by atoms with E-state index in [1.165, 1.54) is 24.3 Å². The lowest BCUT2D eigenvalue weighted by molar-refractivity contribution is -0.384. The van der Waals surface area contributed by atoms with Crippen LogP contribution in [0, 0.1) is 24.0 Å². The number of rotatable bonds is 11. The highest BCUT2D eigenvalue weighted by molar-refractivity contribution is 7.92. The molecule has 0 heterocycles. The molecule has 0 spiro atoms. The van der Waals surface area contributed by atoms with Crippen LogP contribution in [-0.2, 0) is 14.8 Å². The summed E-state index contributed by atoms with van der Waals surface area (Å²) < 4.78 is 31.0. The van der Waals surface area contributed by atoms with E-state index in [9.17, 15) is 23.3 Å². The Morgan fingerprint density at radius 1 is 1.19 bits per heavy atom. The van der Waals surface area contributed by atoms with E-state index >= 15 is 0 Å². The molecule has 0 aromatic heterocycles. The Balaban J connectivity index is 1.82. The van der Waals surface area contributed by atoms with Crippen LogP contribution in [-0.4, -0.2) is 45.2 Å². The number of nitrogens with one attached hydrogen (secondary N) is 1. The molecule has 0 unspecified atom stereocenters. The van der Waals surface area contributed by atoms with Crippen LogP contribution in [0.2, 0.25) is 0 Å². The van der Waals surface area contributed by atoms with E-state index in [4.69, 9.17) is 4.74 Å². The summed E-state index contributed by atoms with van der Waals surface area (Å²) in [5.41, 5.74) is 2.16. The number of carbonyl (C=O) groups is 1. The minimum absolute atomic E-state index is 0.0342. The number of amides is 1. The number of hydrogen-bond donors (Lipinski definition) is 1. The number of non-ortho nitro benzene ring substituents is 1. The van der Waals surface area contributed by atoms with Gasteiger partial charge in [-0.3, -0.25) is 19.2 Å². The molecule has 0 fully saturated rings. The summed E-state index contributed by atoms with van der Waals surface area (Å²) in [6.45, 7) is 4.63. The highest BCUT2D eigenvalue weighted by Crippen LogP contribution is 2.23. The Hall–Kier alpha value is -3.14. The Kier molecular flexibility index (Phi) is 8.38. The predicted molar refractivity (Wildman–Crippen MR) is 119 cm³/mol. The summed E-state index contributed by atoms with van der Waals surface area (Å²) in [6, 6.07) is 11.3. The minimum Gasteiger partial charge on any atom is -0.491 e. The summed E-state index contributed by atoms with van der Waals surface area (Å²) in [4.78, 5) is 22.4. The standard InChI is InChI=1S/C21H27N3O6S/c1-16-9-10-20(17(2)14-16)30-13-11-22-21(25)8-5-12-23(31(3,28)29)18-6-4-7-19(15-18)24(26)27/h4,6-7,9-10,14-15H,5,8,11-13H2,1-3H3,(H,22,25). The minimum atomic E-state index is -3.66. The number of nitrogens with zero attached hydrogens (tertiary/aromatic N) is 2. The number of benzene rings is 2. The smallest absolute Gasteiger partial charge is 0.271 e. The Labute approximate surface area is 182 Å². The molecule has 31 heavy (non-hydrogen) atoms. The molecule has 0 saturated carbocycles. The lowest BCUT2D eigenvalue weighted by Gasteiger charge is -2.22. The van der Waals surface area contributed by atoms with Crippen molar-refractivity contribution in [2.75, 3.05) is 30.3 Å². The number of hydrogen-bond acceptors (Lipinski definition) is 6. The first-order chi connectivity index (χ1) is 14.6. The van der Waals surface area contributed by atoms with Crippen molar-refractivity contribution >= 4 is 27.3 Å². The van der Waals surface area contributed by atoms with Crippen LogP contribution in [0.15, 0.2) is 42.5 Å². The van der Waals surface area contributed by atoms with E-state index in [2.05, 4.69) is 5.32 Å². The van der Waals surface area contributed by atoms with E-state index in [-0.39, 0.29) is 36.7 Å². The molecule has 0 aliphatic carbocycles. The van der Waals surface area contributed by atoms with Gasteiger partial charge in [-0.2, -0.15) is 0 Å². The van der Waals surface area contributed by atoms with Crippen molar-refractivity contribution in [2.24, 2.45) is 0 Å². The van der Waals surface area contributed by atoms with Crippen LogP contribution >= 0.6 is 0 Å². The van der Waals surface area contributed by atoms with Crippen molar-refractivity contribution in [3.63, 3.8) is 0 Å². The van der Waals surface area contributed by atoms with Gasteiger partial charge < -0.3 is 10.1 Å². The zero-order valence-corrected chi connectivity index (χ0v) is 18.6. The fourth-order valence-corrected chi connectivity index (χ4v) is 3.99. The van der Waals surface area contributed by atoms with Gasteiger partial charge in [0.25, 0.3) is 5.69 Å². The molecule has 2 rings (SSSR count). The van der Waals surface area contributed by atoms with Gasteiger partial charge in [-0.25, -0.2) is 8.42 Å². The van der Waals surface area contributed by atoms with Crippen LogP contribution in [0.4, 0.5) is 11.4 Å². The number of sulfonamides is 1. The molecule has 0 radical (unpaired) electrons. The summed E-state index contributed by atoms with van der Waals surface area (Å²) >= 11 is 0. The second-order valence-electron chi connectivity index (χ2n) is 7.18. The molecular weight excluding hydrogens is 422 g/mol. The van der Waals surface area contributed by atoms with Gasteiger partial charge in [-0.15, -0.1) is 0 Å². The zero-order chi connectivity index (χ0) is 23.0. The van der Waals surface area contributed by atoms with Crippen LogP contribution in [0.5, 0.6) is 5.75 Å². The molecule has 2 aromatic carbocycles. The monoisotopic (exact) mass is 449 g/mol. The van der Waals surface area contributed by atoms with Crippen molar-refractivity contribution in [3.05, 3.63) is 63.7 Å². The van der Waals surface area contributed by atoms with E-state index in [0.29, 0.717) is 13.2 Å². The molecule has 168 valence electrons. The second-order valence-corrected chi connectivity index (χ2v) is 9.09. The molecular formula is C21H27N3O6S. The van der Waals surface area contributed by atoms with E-state index < -0.39 is 14.9 Å². The van der Waals surface area contributed by atoms with Crippen LogP contribution < -0.4 is 14.4 Å². The number of carbonyl (C=O) groups excluding carboxylic acids is 1. The first kappa shape index (κ1) is 24.1. The number of nitro benzene ring substituents is 1. The highest BCUT2D eigenvalue weighted by Gasteiger charge is 2.19. The molecule has 2 aromatic rings. The van der Waals surface area contributed by atoms with Gasteiger partial charge in [-0.1, -0.05) is 23.8 Å². The third-order valence-electron chi connectivity index (χ3n) is 4.51. The average Bonchev–Trinajstić information content (AvgIpc) is 2.69.